The fraction of sp³-hybridized carbons (Fsp3) is 0.765. The first-order valence-electron chi connectivity index (χ1n) is 32.2. The molecule has 0 aromatic rings. The number of nitrogens with zero attached hydrogens (tertiary/aromatic N) is 1. The molecule has 1 aliphatic rings. The molecular weight excluding hydrogens is 975 g/mol. The van der Waals surface area contributed by atoms with Crippen LogP contribution in [0.4, 0.5) is 0 Å². The third-order valence-corrected chi connectivity index (χ3v) is 14.4. The molecule has 0 unspecified atom stereocenters. The van der Waals surface area contributed by atoms with E-state index in [1.165, 1.54) is 77.0 Å². The van der Waals surface area contributed by atoms with Crippen molar-refractivity contribution < 1.29 is 42.9 Å². The Morgan fingerprint density at radius 3 is 0.897 bits per heavy atom. The molecular formula is C68H117NO9. The molecule has 1 heterocycles. The number of rotatable bonds is 55. The first-order valence-corrected chi connectivity index (χ1v) is 32.2. The summed E-state index contributed by atoms with van der Waals surface area (Å²) >= 11 is 0. The molecule has 10 heteroatoms. The van der Waals surface area contributed by atoms with Gasteiger partial charge in [0.2, 0.25) is 0 Å². The number of esters is 4. The van der Waals surface area contributed by atoms with Gasteiger partial charge in [0.05, 0.1) is 13.2 Å². The minimum Gasteiger partial charge on any atom is -0.465 e. The number of morpholine rings is 1. The Balaban J connectivity index is 2.83. The molecule has 0 N–H and O–H groups in total. The molecule has 0 atom stereocenters. The van der Waals surface area contributed by atoms with Gasteiger partial charge in [-0.3, -0.25) is 24.1 Å². The topological polar surface area (TPSA) is 118 Å². The van der Waals surface area contributed by atoms with Crippen LogP contribution in [0.25, 0.3) is 0 Å². The van der Waals surface area contributed by atoms with Gasteiger partial charge in [-0.25, -0.2) is 0 Å². The SMILES string of the molecule is CCCCC/C=C\C/C=C\CCCCCCCC(=O)OCC(COC(=O)CCCCCCC/C=C\C/C=C\CCCCC)(COC(=O)CCCCCCC/C=C\C/C=C\CCCCC)COC(=O)CCCCN1CCOCC1. The van der Waals surface area contributed by atoms with Gasteiger partial charge in [0.25, 0.3) is 0 Å². The zero-order valence-corrected chi connectivity index (χ0v) is 50.5. The second-order valence-electron chi connectivity index (χ2n) is 22.0. The molecule has 0 aromatic heterocycles. The predicted molar refractivity (Wildman–Crippen MR) is 325 cm³/mol. The van der Waals surface area contributed by atoms with Crippen molar-refractivity contribution >= 4 is 23.9 Å². The minimum absolute atomic E-state index is 0.204. The largest absolute Gasteiger partial charge is 0.465 e. The maximum Gasteiger partial charge on any atom is 0.305 e. The minimum atomic E-state index is -1.25. The molecule has 1 aliphatic heterocycles. The zero-order valence-electron chi connectivity index (χ0n) is 50.5. The van der Waals surface area contributed by atoms with E-state index >= 15 is 0 Å². The van der Waals surface area contributed by atoms with Gasteiger partial charge in [-0.05, 0) is 135 Å². The van der Waals surface area contributed by atoms with Gasteiger partial charge >= 0.3 is 23.9 Å². The van der Waals surface area contributed by atoms with Crippen molar-refractivity contribution in [1.82, 2.24) is 4.90 Å². The summed E-state index contributed by atoms with van der Waals surface area (Å²) in [6.45, 7) is 10.0. The van der Waals surface area contributed by atoms with E-state index in [0.717, 1.165) is 155 Å². The molecule has 1 saturated heterocycles. The average Bonchev–Trinajstić information content (AvgIpc) is 3.45. The van der Waals surface area contributed by atoms with Crippen LogP contribution in [-0.2, 0) is 42.9 Å². The second kappa shape index (κ2) is 56.5. The van der Waals surface area contributed by atoms with Gasteiger partial charge in [0, 0.05) is 38.8 Å². The van der Waals surface area contributed by atoms with Crippen LogP contribution in [0, 0.1) is 5.41 Å². The number of hydrogen-bond acceptors (Lipinski definition) is 10. The van der Waals surface area contributed by atoms with E-state index in [1.807, 2.05) is 0 Å². The lowest BCUT2D eigenvalue weighted by Crippen LogP contribution is -2.44. The van der Waals surface area contributed by atoms with E-state index in [-0.39, 0.29) is 76.0 Å². The average molecular weight is 1090 g/mol. The third kappa shape index (κ3) is 49.3. The van der Waals surface area contributed by atoms with E-state index in [4.69, 9.17) is 23.7 Å². The highest BCUT2D eigenvalue weighted by Crippen LogP contribution is 2.24. The Bertz CT molecular complexity index is 1440. The maximum absolute atomic E-state index is 13.3. The lowest BCUT2D eigenvalue weighted by molar-refractivity contribution is -0.170. The normalized spacial score (nSPS) is 13.6. The smallest absolute Gasteiger partial charge is 0.305 e. The highest BCUT2D eigenvalue weighted by atomic mass is 16.6. The summed E-state index contributed by atoms with van der Waals surface area (Å²) in [6, 6.07) is 0. The van der Waals surface area contributed by atoms with Crippen LogP contribution < -0.4 is 0 Å². The Hall–Kier alpha value is -3.76. The van der Waals surface area contributed by atoms with E-state index in [9.17, 15) is 19.2 Å². The van der Waals surface area contributed by atoms with E-state index in [0.29, 0.717) is 25.7 Å². The Morgan fingerprint density at radius 1 is 0.346 bits per heavy atom. The molecule has 1 fully saturated rings. The van der Waals surface area contributed by atoms with Crippen molar-refractivity contribution in [2.24, 2.45) is 5.41 Å². The van der Waals surface area contributed by atoms with Gasteiger partial charge in [-0.15, -0.1) is 0 Å². The molecule has 10 nitrogen and oxygen atoms in total. The monoisotopic (exact) mass is 1090 g/mol. The van der Waals surface area contributed by atoms with Crippen molar-refractivity contribution in [2.75, 3.05) is 59.3 Å². The van der Waals surface area contributed by atoms with Crippen molar-refractivity contribution in [3.8, 4) is 0 Å². The molecule has 0 spiro atoms. The van der Waals surface area contributed by atoms with Crippen molar-refractivity contribution in [2.45, 2.75) is 271 Å². The van der Waals surface area contributed by atoms with Gasteiger partial charge < -0.3 is 23.7 Å². The molecule has 78 heavy (non-hydrogen) atoms. The van der Waals surface area contributed by atoms with Crippen LogP contribution in [0.5, 0.6) is 0 Å². The highest BCUT2D eigenvalue weighted by molar-refractivity contribution is 5.71. The summed E-state index contributed by atoms with van der Waals surface area (Å²) < 4.78 is 29.1. The Kier molecular flexibility index (Phi) is 52.3. The zero-order chi connectivity index (χ0) is 56.3. The van der Waals surface area contributed by atoms with E-state index < -0.39 is 5.41 Å². The molecule has 0 aliphatic carbocycles. The van der Waals surface area contributed by atoms with Crippen molar-refractivity contribution in [3.63, 3.8) is 0 Å². The summed E-state index contributed by atoms with van der Waals surface area (Å²) in [5.41, 5.74) is -1.25. The molecule has 0 radical (unpaired) electrons. The number of unbranched alkanes of at least 4 members (excludes halogenated alkanes) is 25. The highest BCUT2D eigenvalue weighted by Gasteiger charge is 2.38. The Morgan fingerprint density at radius 2 is 0.603 bits per heavy atom. The molecule has 0 saturated carbocycles. The fourth-order valence-electron chi connectivity index (χ4n) is 9.14. The maximum atomic E-state index is 13.3. The lowest BCUT2D eigenvalue weighted by atomic mass is 9.92. The van der Waals surface area contributed by atoms with Gasteiger partial charge in [-0.2, -0.15) is 0 Å². The number of allylic oxidation sites excluding steroid dienone is 12. The third-order valence-electron chi connectivity index (χ3n) is 14.4. The van der Waals surface area contributed by atoms with Gasteiger partial charge in [0.15, 0.2) is 0 Å². The van der Waals surface area contributed by atoms with Crippen molar-refractivity contribution in [3.05, 3.63) is 72.9 Å². The van der Waals surface area contributed by atoms with Gasteiger partial charge in [-0.1, -0.05) is 190 Å². The molecule has 1 rings (SSSR count). The lowest BCUT2D eigenvalue weighted by Gasteiger charge is -2.31. The van der Waals surface area contributed by atoms with Crippen molar-refractivity contribution in [1.29, 1.82) is 0 Å². The van der Waals surface area contributed by atoms with Crippen LogP contribution in [0.2, 0.25) is 0 Å². The van der Waals surface area contributed by atoms with Crippen LogP contribution in [0.1, 0.15) is 271 Å². The predicted octanol–water partition coefficient (Wildman–Crippen LogP) is 18.1. The van der Waals surface area contributed by atoms with Crippen LogP contribution >= 0.6 is 0 Å². The standard InChI is InChI=1S/C68H117NO9/c1-4-7-10-13-16-19-22-25-28-31-34-37-40-43-46-51-64(70)75-60-68(63-78-67(73)54-49-50-55-69-56-58-74-59-57-69,61-76-65(71)52-47-44-41-38-35-32-29-26-23-20-17-14-11-8-5-2)62-77-66(72)53-48-45-42-39-36-33-30-27-24-21-18-15-12-9-6-3/h16-21,25-30H,4-15,22-24,31-63H2,1-3H3/b19-16-,20-17-,21-18-,28-25-,29-26-,30-27-. The number of carbonyl (C=O) groups is 4. The number of ether oxygens (including phenoxy) is 5. The van der Waals surface area contributed by atoms with Crippen LogP contribution in [0.3, 0.4) is 0 Å². The van der Waals surface area contributed by atoms with E-state index in [1.54, 1.807) is 0 Å². The number of hydrogen-bond donors (Lipinski definition) is 0. The first-order chi connectivity index (χ1) is 38.3. The summed E-state index contributed by atoms with van der Waals surface area (Å²) in [4.78, 5) is 55.5. The van der Waals surface area contributed by atoms with E-state index in [2.05, 4.69) is 98.6 Å². The first kappa shape index (κ1) is 72.3. The summed E-state index contributed by atoms with van der Waals surface area (Å²) in [7, 11) is 0. The fourth-order valence-corrected chi connectivity index (χ4v) is 9.14. The molecule has 0 aromatic carbocycles. The quantitative estimate of drug-likeness (QED) is 0.0252. The second-order valence-corrected chi connectivity index (χ2v) is 22.0. The van der Waals surface area contributed by atoms with Crippen LogP contribution in [0.15, 0.2) is 72.9 Å². The molecule has 448 valence electrons. The summed E-state index contributed by atoms with van der Waals surface area (Å²) in [6.07, 6.45) is 65.6. The summed E-state index contributed by atoms with van der Waals surface area (Å²) in [5, 5.41) is 0. The molecule has 0 bridgehead atoms. The summed E-state index contributed by atoms with van der Waals surface area (Å²) in [5.74, 6) is -1.49. The molecule has 0 amide bonds. The number of carbonyl (C=O) groups excluding carboxylic acids is 4. The van der Waals surface area contributed by atoms with Crippen LogP contribution in [-0.4, -0.2) is 88.1 Å². The van der Waals surface area contributed by atoms with Gasteiger partial charge in [0.1, 0.15) is 31.8 Å². The Labute approximate surface area is 478 Å².